The number of alkyl halides is 4. The van der Waals surface area contributed by atoms with Crippen molar-refractivity contribution in [3.05, 3.63) is 28.8 Å². The number of rotatable bonds is 4. The average molecular weight is 324 g/mol. The zero-order valence-corrected chi connectivity index (χ0v) is 11.8. The summed E-state index contributed by atoms with van der Waals surface area (Å²) in [5.41, 5.74) is -4.95. The second-order valence-electron chi connectivity index (χ2n) is 3.49. The summed E-state index contributed by atoms with van der Waals surface area (Å²) in [5.74, 6) is -1.03. The van der Waals surface area contributed by atoms with Crippen LogP contribution in [-0.2, 0) is 10.6 Å². The summed E-state index contributed by atoms with van der Waals surface area (Å²) in [6.45, 7) is 1.56. The second-order valence-corrected chi connectivity index (χ2v) is 4.83. The molecule has 1 aromatic rings. The summed E-state index contributed by atoms with van der Waals surface area (Å²) in [6, 6.07) is 4.19. The van der Waals surface area contributed by atoms with Crippen LogP contribution in [0.15, 0.2) is 17.0 Å². The van der Waals surface area contributed by atoms with Crippen molar-refractivity contribution in [3.63, 3.8) is 0 Å². The normalized spacial score (nSPS) is 11.0. The Morgan fingerprint density at radius 3 is 2.60 bits per heavy atom. The van der Waals surface area contributed by atoms with E-state index in [4.69, 9.17) is 21.6 Å². The van der Waals surface area contributed by atoms with Crippen LogP contribution in [0.2, 0.25) is 0 Å². The first-order chi connectivity index (χ1) is 9.34. The molecule has 1 aromatic carbocycles. The lowest BCUT2D eigenvalue weighted by molar-refractivity contribution is -0.0328. The molecular formula is C12H9ClF3NO2S. The lowest BCUT2D eigenvalue weighted by atomic mass is 10.1. The first kappa shape index (κ1) is 16.7. The molecule has 20 heavy (non-hydrogen) atoms. The highest BCUT2D eigenvalue weighted by Gasteiger charge is 2.34. The fourth-order valence-corrected chi connectivity index (χ4v) is 2.44. The van der Waals surface area contributed by atoms with Gasteiger partial charge in [-0.25, -0.2) is 4.79 Å². The van der Waals surface area contributed by atoms with Crippen LogP contribution in [0, 0.1) is 11.3 Å². The van der Waals surface area contributed by atoms with Crippen LogP contribution in [0.4, 0.5) is 13.2 Å². The van der Waals surface area contributed by atoms with E-state index in [1.165, 1.54) is 19.1 Å². The average Bonchev–Trinajstić information content (AvgIpc) is 2.36. The predicted octanol–water partition coefficient (Wildman–Crippen LogP) is 4.09. The standard InChI is InChI=1S/C12H9ClF3NO2S/c1-2-19-11(18)8-4-3-7(5-13)9(6-17)10(8)20-12(14,15)16/h3-4H,2,5H2,1H3. The van der Waals surface area contributed by atoms with Crippen LogP contribution >= 0.6 is 23.4 Å². The number of esters is 1. The van der Waals surface area contributed by atoms with Gasteiger partial charge in [0.2, 0.25) is 0 Å². The van der Waals surface area contributed by atoms with Crippen molar-refractivity contribution in [1.82, 2.24) is 0 Å². The van der Waals surface area contributed by atoms with Gasteiger partial charge in [0.1, 0.15) is 6.07 Å². The molecule has 0 radical (unpaired) electrons. The summed E-state index contributed by atoms with van der Waals surface area (Å²) < 4.78 is 42.5. The molecule has 0 N–H and O–H groups in total. The van der Waals surface area contributed by atoms with Crippen molar-refractivity contribution in [3.8, 4) is 6.07 Å². The molecule has 0 saturated carbocycles. The van der Waals surface area contributed by atoms with Gasteiger partial charge in [0.15, 0.2) is 0 Å². The van der Waals surface area contributed by atoms with Gasteiger partial charge < -0.3 is 4.74 Å². The van der Waals surface area contributed by atoms with Gasteiger partial charge in [-0.15, -0.1) is 11.6 Å². The zero-order valence-electron chi connectivity index (χ0n) is 10.3. The van der Waals surface area contributed by atoms with E-state index in [2.05, 4.69) is 0 Å². The summed E-state index contributed by atoms with van der Waals surface area (Å²) in [7, 11) is 0. The van der Waals surface area contributed by atoms with E-state index in [0.717, 1.165) is 0 Å². The van der Waals surface area contributed by atoms with Gasteiger partial charge in [0.25, 0.3) is 0 Å². The molecule has 0 amide bonds. The monoisotopic (exact) mass is 323 g/mol. The summed E-state index contributed by atoms with van der Waals surface area (Å²) in [5, 5.41) is 9.02. The number of thioether (sulfide) groups is 1. The lowest BCUT2D eigenvalue weighted by Gasteiger charge is -2.14. The van der Waals surface area contributed by atoms with E-state index in [0.29, 0.717) is 0 Å². The number of nitriles is 1. The number of hydrogen-bond donors (Lipinski definition) is 0. The smallest absolute Gasteiger partial charge is 0.446 e. The minimum atomic E-state index is -4.63. The third kappa shape index (κ3) is 4.05. The summed E-state index contributed by atoms with van der Waals surface area (Å²) in [4.78, 5) is 11.2. The molecule has 0 spiro atoms. The van der Waals surface area contributed by atoms with Gasteiger partial charge in [-0.3, -0.25) is 0 Å². The van der Waals surface area contributed by atoms with Crippen molar-refractivity contribution >= 4 is 29.3 Å². The molecule has 108 valence electrons. The Bertz CT molecular complexity index is 555. The number of carbonyl (C=O) groups excluding carboxylic acids is 1. The Morgan fingerprint density at radius 1 is 1.50 bits per heavy atom. The third-order valence-electron chi connectivity index (χ3n) is 2.21. The molecule has 3 nitrogen and oxygen atoms in total. The molecule has 0 aliphatic carbocycles. The van der Waals surface area contributed by atoms with Crippen LogP contribution in [-0.4, -0.2) is 18.1 Å². The van der Waals surface area contributed by atoms with E-state index >= 15 is 0 Å². The minimum Gasteiger partial charge on any atom is -0.462 e. The summed E-state index contributed by atoms with van der Waals surface area (Å²) in [6.07, 6.45) is 0. The van der Waals surface area contributed by atoms with Crippen LogP contribution in [0.25, 0.3) is 0 Å². The van der Waals surface area contributed by atoms with Gasteiger partial charge in [0, 0.05) is 10.8 Å². The quantitative estimate of drug-likeness (QED) is 0.476. The van der Waals surface area contributed by atoms with E-state index in [1.807, 2.05) is 0 Å². The van der Waals surface area contributed by atoms with E-state index in [9.17, 15) is 18.0 Å². The largest absolute Gasteiger partial charge is 0.462 e. The van der Waals surface area contributed by atoms with Gasteiger partial charge >= 0.3 is 11.5 Å². The Morgan fingerprint density at radius 2 is 2.15 bits per heavy atom. The maximum Gasteiger partial charge on any atom is 0.446 e. The molecule has 0 aliphatic heterocycles. The van der Waals surface area contributed by atoms with Crippen LogP contribution in [0.5, 0.6) is 0 Å². The third-order valence-corrected chi connectivity index (χ3v) is 3.36. The Kier molecular flexibility index (Phi) is 5.72. The molecule has 0 aliphatic rings. The minimum absolute atomic E-state index is 0.0219. The van der Waals surface area contributed by atoms with Gasteiger partial charge in [-0.2, -0.15) is 18.4 Å². The summed E-state index contributed by atoms with van der Waals surface area (Å²) >= 11 is 5.07. The molecule has 0 unspecified atom stereocenters. The number of carbonyl (C=O) groups is 1. The molecule has 8 heteroatoms. The SMILES string of the molecule is CCOC(=O)c1ccc(CCl)c(C#N)c1SC(F)(F)F. The second kappa shape index (κ2) is 6.86. The number of hydrogen-bond acceptors (Lipinski definition) is 4. The Balaban J connectivity index is 3.45. The Hall–Kier alpha value is -1.39. The van der Waals surface area contributed by atoms with Crippen molar-refractivity contribution in [2.45, 2.75) is 23.2 Å². The van der Waals surface area contributed by atoms with Crippen LogP contribution in [0.3, 0.4) is 0 Å². The molecule has 0 aromatic heterocycles. The van der Waals surface area contributed by atoms with Gasteiger partial charge in [-0.1, -0.05) is 6.07 Å². The number of nitrogens with zero attached hydrogens (tertiary/aromatic N) is 1. The highest BCUT2D eigenvalue weighted by atomic mass is 35.5. The van der Waals surface area contributed by atoms with Crippen molar-refractivity contribution in [2.24, 2.45) is 0 Å². The first-order valence-corrected chi connectivity index (χ1v) is 6.74. The molecular weight excluding hydrogens is 315 g/mol. The fourth-order valence-electron chi connectivity index (χ4n) is 1.45. The number of halogens is 4. The zero-order chi connectivity index (χ0) is 15.3. The number of benzene rings is 1. The molecule has 0 atom stereocenters. The van der Waals surface area contributed by atoms with Crippen LogP contribution < -0.4 is 0 Å². The topological polar surface area (TPSA) is 50.1 Å². The predicted molar refractivity (Wildman–Crippen MR) is 68.6 cm³/mol. The van der Waals surface area contributed by atoms with E-state index in [1.54, 1.807) is 6.07 Å². The maximum absolute atomic E-state index is 12.6. The van der Waals surface area contributed by atoms with Gasteiger partial charge in [0.05, 0.1) is 17.7 Å². The molecule has 1 rings (SSSR count). The van der Waals surface area contributed by atoms with Gasteiger partial charge in [-0.05, 0) is 30.3 Å². The fraction of sp³-hybridized carbons (Fsp3) is 0.333. The molecule has 0 bridgehead atoms. The molecule has 0 fully saturated rings. The molecule has 0 heterocycles. The van der Waals surface area contributed by atoms with Crippen LogP contribution in [0.1, 0.15) is 28.4 Å². The number of ether oxygens (including phenoxy) is 1. The molecule has 0 saturated heterocycles. The van der Waals surface area contributed by atoms with Crippen molar-refractivity contribution in [2.75, 3.05) is 6.61 Å². The Labute approximate surface area is 122 Å². The first-order valence-electron chi connectivity index (χ1n) is 5.38. The van der Waals surface area contributed by atoms with Crippen molar-refractivity contribution in [1.29, 1.82) is 5.26 Å². The highest BCUT2D eigenvalue weighted by molar-refractivity contribution is 8.00. The van der Waals surface area contributed by atoms with E-state index in [-0.39, 0.29) is 29.2 Å². The van der Waals surface area contributed by atoms with E-state index < -0.39 is 28.1 Å². The lowest BCUT2D eigenvalue weighted by Crippen LogP contribution is -2.11. The maximum atomic E-state index is 12.6. The van der Waals surface area contributed by atoms with Crippen molar-refractivity contribution < 1.29 is 22.7 Å². The highest BCUT2D eigenvalue weighted by Crippen LogP contribution is 2.41.